The lowest BCUT2D eigenvalue weighted by atomic mass is 9.87. The first-order valence-electron chi connectivity index (χ1n) is 5.91. The molecular weight excluding hydrogens is 236 g/mol. The van der Waals surface area contributed by atoms with E-state index in [1.807, 2.05) is 6.92 Å². The third kappa shape index (κ3) is 2.37. The summed E-state index contributed by atoms with van der Waals surface area (Å²) in [5.74, 6) is -0.395. The second-order valence-corrected chi connectivity index (χ2v) is 4.53. The van der Waals surface area contributed by atoms with Crippen LogP contribution >= 0.6 is 0 Å². The number of aromatic nitrogens is 1. The van der Waals surface area contributed by atoms with Crippen LogP contribution in [0.3, 0.4) is 0 Å². The van der Waals surface area contributed by atoms with E-state index in [0.717, 1.165) is 0 Å². The number of carbonyl (C=O) groups is 2. The van der Waals surface area contributed by atoms with Crippen LogP contribution in [0, 0.1) is 11.8 Å². The smallest absolute Gasteiger partial charge is 0.309 e. The van der Waals surface area contributed by atoms with Crippen molar-refractivity contribution < 1.29 is 18.8 Å². The van der Waals surface area contributed by atoms with Crippen molar-refractivity contribution in [3.8, 4) is 0 Å². The molecule has 2 rings (SSSR count). The summed E-state index contributed by atoms with van der Waals surface area (Å²) in [5.41, 5.74) is 0.304. The lowest BCUT2D eigenvalue weighted by molar-refractivity contribution is -0.148. The number of methoxy groups -OCH3 is 1. The molecule has 18 heavy (non-hydrogen) atoms. The van der Waals surface area contributed by atoms with Crippen molar-refractivity contribution in [2.75, 3.05) is 20.2 Å². The molecule has 0 spiro atoms. The summed E-state index contributed by atoms with van der Waals surface area (Å²) in [6.45, 7) is 3.02. The first-order chi connectivity index (χ1) is 8.63. The van der Waals surface area contributed by atoms with Crippen LogP contribution in [0.2, 0.25) is 0 Å². The molecule has 1 aliphatic heterocycles. The largest absolute Gasteiger partial charge is 0.469 e. The quantitative estimate of drug-likeness (QED) is 0.732. The van der Waals surface area contributed by atoms with E-state index in [0.29, 0.717) is 25.2 Å². The molecule has 2 heterocycles. The van der Waals surface area contributed by atoms with Gasteiger partial charge in [0.2, 0.25) is 0 Å². The zero-order valence-corrected chi connectivity index (χ0v) is 10.5. The Balaban J connectivity index is 2.00. The topological polar surface area (TPSA) is 72.6 Å². The molecule has 1 amide bonds. The monoisotopic (exact) mass is 252 g/mol. The van der Waals surface area contributed by atoms with Gasteiger partial charge in [0, 0.05) is 19.2 Å². The SMILES string of the molecule is COC(=O)[C@H]1CCN(C(=O)c2ccon2)C[C@@H]1C. The van der Waals surface area contributed by atoms with Crippen molar-refractivity contribution in [1.82, 2.24) is 10.1 Å². The maximum Gasteiger partial charge on any atom is 0.309 e. The van der Waals surface area contributed by atoms with Crippen molar-refractivity contribution in [1.29, 1.82) is 0 Å². The Kier molecular flexibility index (Phi) is 3.64. The van der Waals surface area contributed by atoms with Gasteiger partial charge in [-0.25, -0.2) is 0 Å². The Hall–Kier alpha value is -1.85. The highest BCUT2D eigenvalue weighted by molar-refractivity contribution is 5.92. The third-order valence-electron chi connectivity index (χ3n) is 3.35. The zero-order chi connectivity index (χ0) is 13.1. The predicted molar refractivity (Wildman–Crippen MR) is 61.7 cm³/mol. The molecule has 1 saturated heterocycles. The average Bonchev–Trinajstić information content (AvgIpc) is 2.90. The second kappa shape index (κ2) is 5.20. The Labute approximate surface area is 105 Å². The van der Waals surface area contributed by atoms with E-state index in [9.17, 15) is 9.59 Å². The van der Waals surface area contributed by atoms with Gasteiger partial charge in [0.25, 0.3) is 5.91 Å². The van der Waals surface area contributed by atoms with E-state index in [2.05, 4.69) is 9.68 Å². The molecule has 6 heteroatoms. The van der Waals surface area contributed by atoms with Gasteiger partial charge in [-0.2, -0.15) is 0 Å². The van der Waals surface area contributed by atoms with E-state index in [1.54, 1.807) is 11.0 Å². The fraction of sp³-hybridized carbons (Fsp3) is 0.583. The molecule has 0 unspecified atom stereocenters. The Morgan fingerprint density at radius 1 is 1.56 bits per heavy atom. The summed E-state index contributed by atoms with van der Waals surface area (Å²) < 4.78 is 9.42. The molecule has 0 N–H and O–H groups in total. The molecule has 1 aliphatic rings. The third-order valence-corrected chi connectivity index (χ3v) is 3.35. The highest BCUT2D eigenvalue weighted by Crippen LogP contribution is 2.25. The van der Waals surface area contributed by atoms with Gasteiger partial charge < -0.3 is 14.2 Å². The minimum atomic E-state index is -0.198. The van der Waals surface area contributed by atoms with Crippen molar-refractivity contribution in [2.45, 2.75) is 13.3 Å². The molecule has 1 aromatic rings. The Bertz CT molecular complexity index is 429. The van der Waals surface area contributed by atoms with Gasteiger partial charge >= 0.3 is 5.97 Å². The van der Waals surface area contributed by atoms with Crippen molar-refractivity contribution in [3.63, 3.8) is 0 Å². The van der Waals surface area contributed by atoms with Crippen molar-refractivity contribution in [2.24, 2.45) is 11.8 Å². The average molecular weight is 252 g/mol. The highest BCUT2D eigenvalue weighted by Gasteiger charge is 2.34. The van der Waals surface area contributed by atoms with E-state index in [1.165, 1.54) is 13.4 Å². The minimum Gasteiger partial charge on any atom is -0.469 e. The van der Waals surface area contributed by atoms with Gasteiger partial charge in [0.15, 0.2) is 5.69 Å². The number of hydrogen-bond donors (Lipinski definition) is 0. The summed E-state index contributed by atoms with van der Waals surface area (Å²) in [6, 6.07) is 1.54. The lowest BCUT2D eigenvalue weighted by Gasteiger charge is -2.35. The van der Waals surface area contributed by atoms with E-state index < -0.39 is 0 Å². The highest BCUT2D eigenvalue weighted by atomic mass is 16.5. The maximum absolute atomic E-state index is 12.0. The van der Waals surface area contributed by atoms with Crippen LogP contribution in [0.4, 0.5) is 0 Å². The van der Waals surface area contributed by atoms with Crippen LogP contribution in [0.15, 0.2) is 16.9 Å². The van der Waals surface area contributed by atoms with Gasteiger partial charge in [-0.15, -0.1) is 0 Å². The molecule has 1 aromatic heterocycles. The van der Waals surface area contributed by atoms with E-state index in [4.69, 9.17) is 4.74 Å². The first kappa shape index (κ1) is 12.6. The van der Waals surface area contributed by atoms with Crippen molar-refractivity contribution >= 4 is 11.9 Å². The van der Waals surface area contributed by atoms with Gasteiger partial charge in [0.05, 0.1) is 13.0 Å². The Morgan fingerprint density at radius 2 is 2.33 bits per heavy atom. The van der Waals surface area contributed by atoms with Crippen LogP contribution in [-0.2, 0) is 9.53 Å². The molecule has 0 aromatic carbocycles. The molecule has 6 nitrogen and oxygen atoms in total. The van der Waals surface area contributed by atoms with Crippen LogP contribution in [-0.4, -0.2) is 42.1 Å². The molecule has 0 saturated carbocycles. The second-order valence-electron chi connectivity index (χ2n) is 4.53. The number of piperidine rings is 1. The number of esters is 1. The number of nitrogens with zero attached hydrogens (tertiary/aromatic N) is 2. The molecule has 1 fully saturated rings. The first-order valence-corrected chi connectivity index (χ1v) is 5.91. The van der Waals surface area contributed by atoms with Crippen LogP contribution in [0.1, 0.15) is 23.8 Å². The van der Waals surface area contributed by atoms with Gasteiger partial charge in [-0.3, -0.25) is 9.59 Å². The normalized spacial score (nSPS) is 23.8. The summed E-state index contributed by atoms with van der Waals surface area (Å²) >= 11 is 0. The number of likely N-dealkylation sites (tertiary alicyclic amines) is 1. The van der Waals surface area contributed by atoms with Gasteiger partial charge in [-0.05, 0) is 12.3 Å². The van der Waals surface area contributed by atoms with Crippen LogP contribution in [0.5, 0.6) is 0 Å². The molecule has 0 radical (unpaired) electrons. The number of amides is 1. The van der Waals surface area contributed by atoms with Crippen molar-refractivity contribution in [3.05, 3.63) is 18.0 Å². The lowest BCUT2D eigenvalue weighted by Crippen LogP contribution is -2.45. The van der Waals surface area contributed by atoms with Gasteiger partial charge in [-0.1, -0.05) is 12.1 Å². The minimum absolute atomic E-state index is 0.0852. The Morgan fingerprint density at radius 3 is 2.89 bits per heavy atom. The standard InChI is InChI=1S/C12H16N2O4/c1-8-7-14(5-3-9(8)12(16)17-2)11(15)10-4-6-18-13-10/h4,6,8-9H,3,5,7H2,1-2H3/t8-,9-/m0/s1. The number of rotatable bonds is 2. The van der Waals surface area contributed by atoms with Crippen LogP contribution < -0.4 is 0 Å². The fourth-order valence-electron chi connectivity index (χ4n) is 2.32. The summed E-state index contributed by atoms with van der Waals surface area (Å²) in [4.78, 5) is 25.3. The number of hydrogen-bond acceptors (Lipinski definition) is 5. The summed E-state index contributed by atoms with van der Waals surface area (Å²) in [5, 5.41) is 3.63. The zero-order valence-electron chi connectivity index (χ0n) is 10.5. The molecular formula is C12H16N2O4. The maximum atomic E-state index is 12.0. The fourth-order valence-corrected chi connectivity index (χ4v) is 2.32. The molecule has 0 aliphatic carbocycles. The number of carbonyl (C=O) groups excluding carboxylic acids is 2. The van der Waals surface area contributed by atoms with Gasteiger partial charge in [0.1, 0.15) is 6.26 Å². The molecule has 0 bridgehead atoms. The predicted octanol–water partition coefficient (Wildman–Crippen LogP) is 0.946. The molecule has 2 atom stereocenters. The number of ether oxygens (including phenoxy) is 1. The summed E-state index contributed by atoms with van der Waals surface area (Å²) in [6.07, 6.45) is 2.00. The van der Waals surface area contributed by atoms with E-state index >= 15 is 0 Å². The van der Waals surface area contributed by atoms with Crippen LogP contribution in [0.25, 0.3) is 0 Å². The van der Waals surface area contributed by atoms with E-state index in [-0.39, 0.29) is 23.7 Å². The summed E-state index contributed by atoms with van der Waals surface area (Å²) in [7, 11) is 1.39. The molecule has 98 valence electrons.